The second-order valence-corrected chi connectivity index (χ2v) is 7.61. The fourth-order valence-electron chi connectivity index (χ4n) is 3.27. The molecule has 0 saturated carbocycles. The highest BCUT2D eigenvalue weighted by Crippen LogP contribution is 2.22. The minimum atomic E-state index is -1.37. The van der Waals surface area contributed by atoms with Crippen LogP contribution < -0.4 is 5.32 Å². The number of nitrogens with one attached hydrogen (secondary N) is 1. The van der Waals surface area contributed by atoms with Gasteiger partial charge < -0.3 is 15.2 Å². The topological polar surface area (TPSA) is 75.6 Å². The lowest BCUT2D eigenvalue weighted by molar-refractivity contribution is -0.150. The highest BCUT2D eigenvalue weighted by atomic mass is 19.1. The highest BCUT2D eigenvalue weighted by Gasteiger charge is 2.31. The number of unbranched alkanes of at least 4 members (excludes halogenated alkanes) is 6. The Morgan fingerprint density at radius 3 is 2.39 bits per heavy atom. The number of hydrogen-bond acceptors (Lipinski definition) is 4. The molecule has 31 heavy (non-hydrogen) atoms. The second-order valence-electron chi connectivity index (χ2n) is 7.61. The van der Waals surface area contributed by atoms with Crippen molar-refractivity contribution in [2.24, 2.45) is 0 Å². The smallest absolute Gasteiger partial charge is 0.331 e. The van der Waals surface area contributed by atoms with E-state index in [9.17, 15) is 19.1 Å². The standard InChI is InChI=1S/C25H36FNO4/c1-4-6-7-8-9-10-11-15-21(26)18-17-20-14-12-13-16-22(20)24(29)23(27-19(3)28)25(30)31-5-2/h12-14,16,21,23-24,29H,4-11,15H2,1-3H3,(H,27,28). The molecule has 5 nitrogen and oxygen atoms in total. The number of carbonyl (C=O) groups excluding carboxylic acids is 2. The number of amides is 1. The van der Waals surface area contributed by atoms with Crippen LogP contribution in [0.15, 0.2) is 24.3 Å². The number of esters is 1. The van der Waals surface area contributed by atoms with E-state index in [-0.39, 0.29) is 6.61 Å². The van der Waals surface area contributed by atoms with Crippen molar-refractivity contribution in [3.8, 4) is 11.8 Å². The van der Waals surface area contributed by atoms with E-state index < -0.39 is 30.2 Å². The van der Waals surface area contributed by atoms with Crippen LogP contribution >= 0.6 is 0 Å². The first kappa shape index (κ1) is 26.6. The molecule has 172 valence electrons. The molecule has 1 amide bonds. The van der Waals surface area contributed by atoms with Crippen LogP contribution in [0, 0.1) is 11.8 Å². The van der Waals surface area contributed by atoms with Gasteiger partial charge in [0, 0.05) is 12.5 Å². The maximum absolute atomic E-state index is 14.2. The molecule has 0 spiro atoms. The van der Waals surface area contributed by atoms with Gasteiger partial charge in [0.05, 0.1) is 6.61 Å². The number of hydrogen-bond donors (Lipinski definition) is 2. The van der Waals surface area contributed by atoms with Crippen molar-refractivity contribution in [1.29, 1.82) is 0 Å². The number of aliphatic hydroxyl groups is 1. The molecule has 0 aliphatic heterocycles. The zero-order valence-corrected chi connectivity index (χ0v) is 19.0. The summed E-state index contributed by atoms with van der Waals surface area (Å²) in [6.07, 6.45) is 5.56. The van der Waals surface area contributed by atoms with E-state index in [2.05, 4.69) is 24.1 Å². The van der Waals surface area contributed by atoms with Gasteiger partial charge in [0.15, 0.2) is 12.2 Å². The molecule has 2 N–H and O–H groups in total. The molecule has 1 rings (SSSR count). The van der Waals surface area contributed by atoms with Crippen LogP contribution in [0.1, 0.15) is 89.4 Å². The summed E-state index contributed by atoms with van der Waals surface area (Å²) in [5, 5.41) is 13.2. The van der Waals surface area contributed by atoms with E-state index in [0.717, 1.165) is 19.3 Å². The number of rotatable bonds is 13. The molecule has 3 unspecified atom stereocenters. The van der Waals surface area contributed by atoms with Gasteiger partial charge in [0.2, 0.25) is 5.91 Å². The molecule has 6 heteroatoms. The zero-order chi connectivity index (χ0) is 23.1. The predicted molar refractivity (Wildman–Crippen MR) is 120 cm³/mol. The Hall–Kier alpha value is -2.39. The van der Waals surface area contributed by atoms with Crippen molar-refractivity contribution >= 4 is 11.9 Å². The molecule has 0 aromatic heterocycles. The summed E-state index contributed by atoms with van der Waals surface area (Å²) in [6.45, 7) is 5.19. The zero-order valence-electron chi connectivity index (χ0n) is 19.0. The summed E-state index contributed by atoms with van der Waals surface area (Å²) in [5.74, 6) is 4.19. The lowest BCUT2D eigenvalue weighted by Gasteiger charge is -2.23. The van der Waals surface area contributed by atoms with Gasteiger partial charge in [-0.05, 0) is 31.4 Å². The average molecular weight is 434 g/mol. The monoisotopic (exact) mass is 433 g/mol. The van der Waals surface area contributed by atoms with Gasteiger partial charge >= 0.3 is 5.97 Å². The van der Waals surface area contributed by atoms with Gasteiger partial charge in [0.25, 0.3) is 0 Å². The largest absolute Gasteiger partial charge is 0.464 e. The summed E-state index contributed by atoms with van der Waals surface area (Å²) < 4.78 is 19.2. The lowest BCUT2D eigenvalue weighted by atomic mass is 9.97. The Balaban J connectivity index is 2.78. The maximum atomic E-state index is 14.2. The van der Waals surface area contributed by atoms with E-state index in [1.807, 2.05) is 0 Å². The van der Waals surface area contributed by atoms with Crippen LogP contribution in [0.5, 0.6) is 0 Å². The van der Waals surface area contributed by atoms with Crippen molar-refractivity contribution in [2.75, 3.05) is 6.61 Å². The molecule has 0 aliphatic rings. The van der Waals surface area contributed by atoms with Crippen LogP contribution in [-0.2, 0) is 14.3 Å². The first-order chi connectivity index (χ1) is 14.9. The molecular formula is C25H36FNO4. The fourth-order valence-corrected chi connectivity index (χ4v) is 3.27. The Kier molecular flexibility index (Phi) is 13.3. The van der Waals surface area contributed by atoms with Gasteiger partial charge in [-0.3, -0.25) is 4.79 Å². The molecular weight excluding hydrogens is 397 g/mol. The van der Waals surface area contributed by atoms with E-state index in [4.69, 9.17) is 4.74 Å². The molecule has 0 heterocycles. The van der Waals surface area contributed by atoms with Crippen LogP contribution in [0.2, 0.25) is 0 Å². The fraction of sp³-hybridized carbons (Fsp3) is 0.600. The number of benzene rings is 1. The van der Waals surface area contributed by atoms with Gasteiger partial charge in [-0.1, -0.05) is 75.5 Å². The SMILES string of the molecule is CCCCCCCCCC(F)C#Cc1ccccc1C(O)C(NC(C)=O)C(=O)OCC. The minimum absolute atomic E-state index is 0.116. The third kappa shape index (κ3) is 10.5. The van der Waals surface area contributed by atoms with Crippen molar-refractivity contribution in [3.05, 3.63) is 35.4 Å². The number of ether oxygens (including phenoxy) is 1. The lowest BCUT2D eigenvalue weighted by Crippen LogP contribution is -2.45. The van der Waals surface area contributed by atoms with Gasteiger partial charge in [-0.15, -0.1) is 0 Å². The maximum Gasteiger partial charge on any atom is 0.331 e. The Morgan fingerprint density at radius 1 is 1.10 bits per heavy atom. The number of halogens is 1. The Morgan fingerprint density at radius 2 is 1.74 bits per heavy atom. The van der Waals surface area contributed by atoms with Gasteiger partial charge in [-0.2, -0.15) is 0 Å². The van der Waals surface area contributed by atoms with Crippen LogP contribution in [0.25, 0.3) is 0 Å². The summed E-state index contributed by atoms with van der Waals surface area (Å²) in [7, 11) is 0. The van der Waals surface area contributed by atoms with Crippen LogP contribution in [-0.4, -0.2) is 35.8 Å². The third-order valence-corrected chi connectivity index (χ3v) is 4.92. The van der Waals surface area contributed by atoms with E-state index in [1.54, 1.807) is 31.2 Å². The third-order valence-electron chi connectivity index (χ3n) is 4.92. The molecule has 1 aromatic rings. The van der Waals surface area contributed by atoms with Gasteiger partial charge in [0.1, 0.15) is 6.10 Å². The second kappa shape index (κ2) is 15.4. The first-order valence-electron chi connectivity index (χ1n) is 11.3. The summed E-state index contributed by atoms with van der Waals surface area (Å²) >= 11 is 0. The van der Waals surface area contributed by atoms with E-state index in [1.165, 1.54) is 32.6 Å². The molecule has 0 saturated heterocycles. The molecule has 0 bridgehead atoms. The number of alkyl halides is 1. The number of aliphatic hydroxyl groups excluding tert-OH is 1. The normalized spacial score (nSPS) is 13.5. The Bertz CT molecular complexity index is 741. The molecule has 0 radical (unpaired) electrons. The molecule has 0 aliphatic carbocycles. The van der Waals surface area contributed by atoms with Crippen LogP contribution in [0.3, 0.4) is 0 Å². The van der Waals surface area contributed by atoms with E-state index >= 15 is 0 Å². The highest BCUT2D eigenvalue weighted by molar-refractivity contribution is 5.84. The quantitative estimate of drug-likeness (QED) is 0.270. The molecule has 3 atom stereocenters. The molecule has 1 aromatic carbocycles. The summed E-state index contributed by atoms with van der Waals surface area (Å²) in [5.41, 5.74) is 0.752. The van der Waals surface area contributed by atoms with Crippen molar-refractivity contribution in [1.82, 2.24) is 5.32 Å². The predicted octanol–water partition coefficient (Wildman–Crippen LogP) is 4.62. The average Bonchev–Trinajstić information content (AvgIpc) is 2.75. The van der Waals surface area contributed by atoms with Crippen LogP contribution in [0.4, 0.5) is 4.39 Å². The van der Waals surface area contributed by atoms with Crippen molar-refractivity contribution in [3.63, 3.8) is 0 Å². The van der Waals surface area contributed by atoms with Crippen molar-refractivity contribution < 1.29 is 23.8 Å². The van der Waals surface area contributed by atoms with Gasteiger partial charge in [-0.25, -0.2) is 9.18 Å². The van der Waals surface area contributed by atoms with E-state index in [0.29, 0.717) is 17.5 Å². The number of carbonyl (C=O) groups is 2. The minimum Gasteiger partial charge on any atom is -0.464 e. The molecule has 0 fully saturated rings. The van der Waals surface area contributed by atoms with Crippen molar-refractivity contribution in [2.45, 2.75) is 90.5 Å². The summed E-state index contributed by atoms with van der Waals surface area (Å²) in [4.78, 5) is 23.7. The Labute approximate surface area is 185 Å². The summed E-state index contributed by atoms with van der Waals surface area (Å²) in [6, 6.07) is 5.40. The first-order valence-corrected chi connectivity index (χ1v) is 11.3.